The second-order valence-electron chi connectivity index (χ2n) is 6.40. The van der Waals surface area contributed by atoms with Gasteiger partial charge in [0.05, 0.1) is 5.52 Å². The fourth-order valence-electron chi connectivity index (χ4n) is 3.20. The number of benzene rings is 2. The SMILES string of the molecule is O=S(Cc1cccc(Nc2ncnc3ccccc23)c1)C1CCOCC1. The van der Waals surface area contributed by atoms with Crippen LogP contribution in [-0.2, 0) is 21.3 Å². The number of rotatable bonds is 5. The van der Waals surface area contributed by atoms with Gasteiger partial charge in [-0.05, 0) is 42.7 Å². The summed E-state index contributed by atoms with van der Waals surface area (Å²) < 4.78 is 18.0. The van der Waals surface area contributed by atoms with E-state index in [1.54, 1.807) is 6.33 Å². The number of fused-ring (bicyclic) bond motifs is 1. The van der Waals surface area contributed by atoms with Crippen molar-refractivity contribution in [3.63, 3.8) is 0 Å². The Hall–Kier alpha value is -2.31. The van der Waals surface area contributed by atoms with Gasteiger partial charge in [-0.2, -0.15) is 0 Å². The first-order chi connectivity index (χ1) is 12.8. The van der Waals surface area contributed by atoms with Crippen molar-refractivity contribution in [3.05, 3.63) is 60.4 Å². The molecule has 6 heteroatoms. The topological polar surface area (TPSA) is 64.1 Å². The molecule has 0 saturated carbocycles. The van der Waals surface area contributed by atoms with Crippen LogP contribution in [0.2, 0.25) is 0 Å². The van der Waals surface area contributed by atoms with Gasteiger partial charge in [-0.25, -0.2) is 9.97 Å². The maximum absolute atomic E-state index is 12.6. The van der Waals surface area contributed by atoms with Crippen molar-refractivity contribution in [1.29, 1.82) is 0 Å². The standard InChI is InChI=1S/C20H21N3O2S/c24-26(17-8-10-25-11-9-17)13-15-4-3-5-16(12-15)23-20-18-6-1-2-7-19(18)21-14-22-20/h1-7,12,14,17H,8-11,13H2,(H,21,22,23). The Morgan fingerprint density at radius 2 is 1.92 bits per heavy atom. The first kappa shape index (κ1) is 17.1. The maximum atomic E-state index is 12.6. The molecule has 1 aliphatic heterocycles. The fourth-order valence-corrected chi connectivity index (χ4v) is 4.66. The van der Waals surface area contributed by atoms with Crippen LogP contribution in [0.3, 0.4) is 0 Å². The summed E-state index contributed by atoms with van der Waals surface area (Å²) in [5, 5.41) is 4.59. The van der Waals surface area contributed by atoms with Crippen molar-refractivity contribution in [1.82, 2.24) is 9.97 Å². The Labute approximate surface area is 155 Å². The Balaban J connectivity index is 1.51. The smallest absolute Gasteiger partial charge is 0.141 e. The van der Waals surface area contributed by atoms with E-state index in [2.05, 4.69) is 15.3 Å². The fraction of sp³-hybridized carbons (Fsp3) is 0.300. The van der Waals surface area contributed by atoms with Crippen molar-refractivity contribution in [2.24, 2.45) is 0 Å². The van der Waals surface area contributed by atoms with Crippen molar-refractivity contribution in [2.45, 2.75) is 23.8 Å². The number of nitrogens with one attached hydrogen (secondary N) is 1. The van der Waals surface area contributed by atoms with E-state index >= 15 is 0 Å². The molecule has 2 heterocycles. The molecule has 134 valence electrons. The highest BCUT2D eigenvalue weighted by molar-refractivity contribution is 7.84. The monoisotopic (exact) mass is 367 g/mol. The molecule has 5 nitrogen and oxygen atoms in total. The zero-order chi connectivity index (χ0) is 17.8. The second-order valence-corrected chi connectivity index (χ2v) is 8.12. The van der Waals surface area contributed by atoms with E-state index in [1.807, 2.05) is 48.5 Å². The van der Waals surface area contributed by atoms with Crippen molar-refractivity contribution >= 4 is 33.2 Å². The van der Waals surface area contributed by atoms with E-state index in [1.165, 1.54) is 0 Å². The summed E-state index contributed by atoms with van der Waals surface area (Å²) in [6.45, 7) is 1.44. The van der Waals surface area contributed by atoms with E-state index < -0.39 is 10.8 Å². The van der Waals surface area contributed by atoms with Crippen LogP contribution in [-0.4, -0.2) is 32.6 Å². The normalized spacial score (nSPS) is 16.5. The third-order valence-electron chi connectivity index (χ3n) is 4.58. The Morgan fingerprint density at radius 3 is 2.81 bits per heavy atom. The minimum absolute atomic E-state index is 0.242. The molecule has 1 unspecified atom stereocenters. The average Bonchev–Trinajstić information content (AvgIpc) is 2.69. The van der Waals surface area contributed by atoms with Gasteiger partial charge in [0.25, 0.3) is 0 Å². The molecule has 4 rings (SSSR count). The summed E-state index contributed by atoms with van der Waals surface area (Å²) in [4.78, 5) is 8.66. The lowest BCUT2D eigenvalue weighted by atomic mass is 10.2. The minimum Gasteiger partial charge on any atom is -0.381 e. The molecule has 0 amide bonds. The van der Waals surface area contributed by atoms with Gasteiger partial charge in [0.2, 0.25) is 0 Å². The lowest BCUT2D eigenvalue weighted by Gasteiger charge is -2.21. The van der Waals surface area contributed by atoms with Gasteiger partial charge in [0.15, 0.2) is 0 Å². The number of aromatic nitrogens is 2. The van der Waals surface area contributed by atoms with Gasteiger partial charge in [0.1, 0.15) is 12.1 Å². The summed E-state index contributed by atoms with van der Waals surface area (Å²) in [6.07, 6.45) is 3.34. The highest BCUT2D eigenvalue weighted by atomic mass is 32.2. The number of ether oxygens (including phenoxy) is 1. The molecule has 0 aliphatic carbocycles. The van der Waals surface area contributed by atoms with E-state index in [4.69, 9.17) is 4.74 Å². The minimum atomic E-state index is -0.868. The third-order valence-corrected chi connectivity index (χ3v) is 6.41. The summed E-state index contributed by atoms with van der Waals surface area (Å²) in [6, 6.07) is 16.0. The zero-order valence-electron chi connectivity index (χ0n) is 14.4. The number of hydrogen-bond donors (Lipinski definition) is 1. The van der Waals surface area contributed by atoms with Gasteiger partial charge in [-0.1, -0.05) is 24.3 Å². The third kappa shape index (κ3) is 3.92. The second kappa shape index (κ2) is 7.93. The molecular weight excluding hydrogens is 346 g/mol. The largest absolute Gasteiger partial charge is 0.381 e. The van der Waals surface area contributed by atoms with Crippen LogP contribution in [0, 0.1) is 0 Å². The molecule has 1 aliphatic rings. The number of nitrogens with zero attached hydrogens (tertiary/aromatic N) is 2. The zero-order valence-corrected chi connectivity index (χ0v) is 15.2. The van der Waals surface area contributed by atoms with Crippen molar-refractivity contribution < 1.29 is 8.95 Å². The van der Waals surface area contributed by atoms with Crippen LogP contribution >= 0.6 is 0 Å². The molecule has 1 atom stereocenters. The van der Waals surface area contributed by atoms with E-state index in [0.29, 0.717) is 5.75 Å². The Bertz CT molecular complexity index is 920. The lowest BCUT2D eigenvalue weighted by molar-refractivity contribution is 0.0992. The molecule has 1 fully saturated rings. The highest BCUT2D eigenvalue weighted by Crippen LogP contribution is 2.24. The van der Waals surface area contributed by atoms with Gasteiger partial charge in [0, 0.05) is 46.1 Å². The van der Waals surface area contributed by atoms with Crippen molar-refractivity contribution in [2.75, 3.05) is 18.5 Å². The van der Waals surface area contributed by atoms with Gasteiger partial charge in [-0.3, -0.25) is 4.21 Å². The molecule has 1 aromatic heterocycles. The molecule has 0 spiro atoms. The Morgan fingerprint density at radius 1 is 1.08 bits per heavy atom. The number of hydrogen-bond acceptors (Lipinski definition) is 5. The number of para-hydroxylation sites is 1. The predicted molar refractivity (Wildman–Crippen MR) is 105 cm³/mol. The van der Waals surface area contributed by atoms with Crippen molar-refractivity contribution in [3.8, 4) is 0 Å². The summed E-state index contributed by atoms with van der Waals surface area (Å²) in [7, 11) is -0.868. The molecule has 1 N–H and O–H groups in total. The molecule has 26 heavy (non-hydrogen) atoms. The summed E-state index contributed by atoms with van der Waals surface area (Å²) >= 11 is 0. The molecule has 0 bridgehead atoms. The molecule has 0 radical (unpaired) electrons. The first-order valence-electron chi connectivity index (χ1n) is 8.80. The van der Waals surface area contributed by atoms with Crippen LogP contribution < -0.4 is 5.32 Å². The van der Waals surface area contributed by atoms with Crippen LogP contribution in [0.4, 0.5) is 11.5 Å². The highest BCUT2D eigenvalue weighted by Gasteiger charge is 2.20. The van der Waals surface area contributed by atoms with E-state index in [0.717, 1.165) is 54.0 Å². The molecular formula is C20H21N3O2S. The number of anilines is 2. The molecule has 3 aromatic rings. The van der Waals surface area contributed by atoms with E-state index in [-0.39, 0.29) is 5.25 Å². The predicted octanol–water partition coefficient (Wildman–Crippen LogP) is 3.80. The van der Waals surface area contributed by atoms with Crippen LogP contribution in [0.15, 0.2) is 54.9 Å². The van der Waals surface area contributed by atoms with Gasteiger partial charge < -0.3 is 10.1 Å². The molecule has 1 saturated heterocycles. The Kier molecular flexibility index (Phi) is 5.22. The quantitative estimate of drug-likeness (QED) is 0.743. The van der Waals surface area contributed by atoms with E-state index in [9.17, 15) is 4.21 Å². The lowest BCUT2D eigenvalue weighted by Crippen LogP contribution is -2.25. The van der Waals surface area contributed by atoms with Crippen LogP contribution in [0.1, 0.15) is 18.4 Å². The average molecular weight is 367 g/mol. The molecule has 2 aromatic carbocycles. The van der Waals surface area contributed by atoms with Crippen LogP contribution in [0.5, 0.6) is 0 Å². The summed E-state index contributed by atoms with van der Waals surface area (Å²) in [5.41, 5.74) is 2.91. The first-order valence-corrected chi connectivity index (χ1v) is 10.2. The summed E-state index contributed by atoms with van der Waals surface area (Å²) in [5.74, 6) is 1.35. The van der Waals surface area contributed by atoms with Gasteiger partial charge >= 0.3 is 0 Å². The van der Waals surface area contributed by atoms with Crippen LogP contribution in [0.25, 0.3) is 10.9 Å². The maximum Gasteiger partial charge on any atom is 0.141 e. The van der Waals surface area contributed by atoms with Gasteiger partial charge in [-0.15, -0.1) is 0 Å².